The number of aryl methyl sites for hydroxylation is 2. The molecule has 27 heavy (non-hydrogen) atoms. The molecule has 1 saturated heterocycles. The van der Waals surface area contributed by atoms with Crippen molar-refractivity contribution in [3.05, 3.63) is 52.0 Å². The molecule has 4 rings (SSSR count). The summed E-state index contributed by atoms with van der Waals surface area (Å²) < 4.78 is 6.17. The van der Waals surface area contributed by atoms with Crippen LogP contribution >= 0.6 is 11.3 Å². The molecule has 1 aliphatic carbocycles. The van der Waals surface area contributed by atoms with Gasteiger partial charge in [-0.15, -0.1) is 11.3 Å². The van der Waals surface area contributed by atoms with E-state index in [1.165, 1.54) is 49.1 Å². The Hall–Kier alpha value is -1.23. The van der Waals surface area contributed by atoms with Gasteiger partial charge < -0.3 is 4.74 Å². The Morgan fingerprint density at radius 2 is 2.11 bits per heavy atom. The molecule has 3 heterocycles. The van der Waals surface area contributed by atoms with E-state index >= 15 is 0 Å². The summed E-state index contributed by atoms with van der Waals surface area (Å²) in [4.78, 5) is 8.83. The zero-order chi connectivity index (χ0) is 18.9. The van der Waals surface area contributed by atoms with Gasteiger partial charge >= 0.3 is 0 Å². The van der Waals surface area contributed by atoms with Crippen LogP contribution in [0.3, 0.4) is 0 Å². The molecule has 1 unspecified atom stereocenters. The normalized spacial score (nSPS) is 25.6. The summed E-state index contributed by atoms with van der Waals surface area (Å²) >= 11 is 1.88. The third-order valence-electron chi connectivity index (χ3n) is 6.89. The Kier molecular flexibility index (Phi) is 5.41. The summed E-state index contributed by atoms with van der Waals surface area (Å²) in [5, 5.41) is 2.19. The van der Waals surface area contributed by atoms with E-state index in [4.69, 9.17) is 4.74 Å². The predicted molar refractivity (Wildman–Crippen MR) is 112 cm³/mol. The third kappa shape index (κ3) is 3.72. The molecular weight excluding hydrogens is 352 g/mol. The second-order valence-electron chi connectivity index (χ2n) is 8.43. The molecule has 0 radical (unpaired) electrons. The number of hydrogen-bond donors (Lipinski definition) is 0. The molecule has 0 bridgehead atoms. The lowest BCUT2D eigenvalue weighted by molar-refractivity contribution is -0.0267. The van der Waals surface area contributed by atoms with Gasteiger partial charge in [0.05, 0.1) is 6.10 Å². The Balaban J connectivity index is 1.52. The molecule has 0 aromatic carbocycles. The van der Waals surface area contributed by atoms with Crippen molar-refractivity contribution in [3.8, 4) is 0 Å². The number of rotatable bonds is 8. The lowest BCUT2D eigenvalue weighted by Gasteiger charge is -2.37. The summed E-state index contributed by atoms with van der Waals surface area (Å²) in [6.07, 6.45) is 8.57. The van der Waals surface area contributed by atoms with E-state index in [1.54, 1.807) is 0 Å². The molecule has 1 aliphatic heterocycles. The van der Waals surface area contributed by atoms with Crippen LogP contribution in [0, 0.1) is 12.3 Å². The van der Waals surface area contributed by atoms with Crippen molar-refractivity contribution in [1.82, 2.24) is 9.88 Å². The van der Waals surface area contributed by atoms with Crippen molar-refractivity contribution in [2.24, 2.45) is 5.41 Å². The lowest BCUT2D eigenvalue weighted by atomic mass is 9.77. The number of likely N-dealkylation sites (tertiary alicyclic amines) is 1. The summed E-state index contributed by atoms with van der Waals surface area (Å²) in [6.45, 7) is 9.61. The number of aromatic nitrogens is 1. The van der Waals surface area contributed by atoms with Crippen molar-refractivity contribution in [3.63, 3.8) is 0 Å². The van der Waals surface area contributed by atoms with Gasteiger partial charge in [0, 0.05) is 40.9 Å². The van der Waals surface area contributed by atoms with Crippen LogP contribution in [0.5, 0.6) is 0 Å². The zero-order valence-corrected chi connectivity index (χ0v) is 17.7. The minimum atomic E-state index is 0.233. The minimum Gasteiger partial charge on any atom is -0.378 e. The van der Waals surface area contributed by atoms with Crippen LogP contribution in [0.15, 0.2) is 35.8 Å². The molecular formula is C23H32N2OS. The van der Waals surface area contributed by atoms with E-state index in [0.29, 0.717) is 6.10 Å². The van der Waals surface area contributed by atoms with Gasteiger partial charge in [-0.05, 0) is 82.5 Å². The maximum atomic E-state index is 6.17. The Labute approximate surface area is 167 Å². The fraction of sp³-hybridized carbons (Fsp3) is 0.609. The monoisotopic (exact) mass is 384 g/mol. The quantitative estimate of drug-likeness (QED) is 0.626. The highest BCUT2D eigenvalue weighted by atomic mass is 32.1. The largest absolute Gasteiger partial charge is 0.378 e. The number of thiophene rings is 1. The van der Waals surface area contributed by atoms with Crippen LogP contribution in [0.1, 0.15) is 55.7 Å². The van der Waals surface area contributed by atoms with E-state index in [2.05, 4.69) is 66.5 Å². The first kappa shape index (κ1) is 19.1. The molecule has 2 aromatic heterocycles. The van der Waals surface area contributed by atoms with Crippen molar-refractivity contribution in [1.29, 1.82) is 0 Å². The second kappa shape index (κ2) is 7.65. The molecule has 2 atom stereocenters. The highest BCUT2D eigenvalue weighted by molar-refractivity contribution is 7.09. The average molecular weight is 385 g/mol. The molecule has 3 nitrogen and oxygen atoms in total. The first-order valence-electron chi connectivity index (χ1n) is 10.4. The van der Waals surface area contributed by atoms with Gasteiger partial charge in [0.2, 0.25) is 0 Å². The summed E-state index contributed by atoms with van der Waals surface area (Å²) in [5.74, 6) is 0. The average Bonchev–Trinajstić information content (AvgIpc) is 3.11. The minimum absolute atomic E-state index is 0.233. The molecule has 0 amide bonds. The van der Waals surface area contributed by atoms with E-state index < -0.39 is 0 Å². The van der Waals surface area contributed by atoms with Gasteiger partial charge in [0.25, 0.3) is 0 Å². The van der Waals surface area contributed by atoms with Gasteiger partial charge in [0.1, 0.15) is 0 Å². The lowest BCUT2D eigenvalue weighted by Crippen LogP contribution is -2.41. The fourth-order valence-corrected chi connectivity index (χ4v) is 5.61. The van der Waals surface area contributed by atoms with Crippen LogP contribution < -0.4 is 0 Å². The SMILES string of the molecule is CCO[C@@H](C)C1(CCc2cccs2)CCN(C2(c3ccc(C)nc3)CC2)C1. The third-order valence-corrected chi connectivity index (χ3v) is 7.83. The predicted octanol–water partition coefficient (Wildman–Crippen LogP) is 5.19. The van der Waals surface area contributed by atoms with Crippen LogP contribution in [0.4, 0.5) is 0 Å². The van der Waals surface area contributed by atoms with E-state index in [0.717, 1.165) is 18.8 Å². The molecule has 0 N–H and O–H groups in total. The van der Waals surface area contributed by atoms with Gasteiger partial charge in [-0.25, -0.2) is 0 Å². The van der Waals surface area contributed by atoms with Gasteiger partial charge in [-0.3, -0.25) is 9.88 Å². The molecule has 2 aromatic rings. The number of pyridine rings is 1. The molecule has 0 spiro atoms. The molecule has 1 saturated carbocycles. The molecule has 2 fully saturated rings. The van der Waals surface area contributed by atoms with Gasteiger partial charge in [-0.1, -0.05) is 12.1 Å². The summed E-state index contributed by atoms with van der Waals surface area (Å²) in [7, 11) is 0. The second-order valence-corrected chi connectivity index (χ2v) is 9.46. The maximum Gasteiger partial charge on any atom is 0.0615 e. The smallest absolute Gasteiger partial charge is 0.0615 e. The molecule has 146 valence electrons. The number of nitrogens with zero attached hydrogens (tertiary/aromatic N) is 2. The van der Waals surface area contributed by atoms with Crippen LogP contribution in [-0.4, -0.2) is 35.7 Å². The van der Waals surface area contributed by atoms with Gasteiger partial charge in [0.15, 0.2) is 0 Å². The standard InChI is InChI=1S/C23H32N2OS/c1-4-26-19(3)22(10-9-21-6-5-15-27-21)13-14-25(17-22)23(11-12-23)20-8-7-18(2)24-16-20/h5-8,15-16,19H,4,9-14,17H2,1-3H3/t19-,22?/m0/s1. The van der Waals surface area contributed by atoms with Crippen molar-refractivity contribution >= 4 is 11.3 Å². The fourth-order valence-electron chi connectivity index (χ4n) is 4.90. The van der Waals surface area contributed by atoms with E-state index in [9.17, 15) is 0 Å². The molecule has 2 aliphatic rings. The van der Waals surface area contributed by atoms with E-state index in [-0.39, 0.29) is 11.0 Å². The highest BCUT2D eigenvalue weighted by Crippen LogP contribution is 2.55. The first-order chi connectivity index (χ1) is 13.1. The summed E-state index contributed by atoms with van der Waals surface area (Å²) in [6, 6.07) is 8.91. The maximum absolute atomic E-state index is 6.17. The zero-order valence-electron chi connectivity index (χ0n) is 16.9. The summed E-state index contributed by atoms with van der Waals surface area (Å²) in [5.41, 5.74) is 3.00. The molecule has 4 heteroatoms. The van der Waals surface area contributed by atoms with Crippen LogP contribution in [-0.2, 0) is 16.7 Å². The van der Waals surface area contributed by atoms with Crippen molar-refractivity contribution < 1.29 is 4.74 Å². The highest BCUT2D eigenvalue weighted by Gasteiger charge is 2.55. The Bertz CT molecular complexity index is 738. The topological polar surface area (TPSA) is 25.4 Å². The number of hydrogen-bond acceptors (Lipinski definition) is 4. The number of ether oxygens (including phenoxy) is 1. The van der Waals surface area contributed by atoms with Gasteiger partial charge in [-0.2, -0.15) is 0 Å². The van der Waals surface area contributed by atoms with Crippen LogP contribution in [0.2, 0.25) is 0 Å². The first-order valence-corrected chi connectivity index (χ1v) is 11.3. The Morgan fingerprint density at radius 1 is 1.26 bits per heavy atom. The Morgan fingerprint density at radius 3 is 2.74 bits per heavy atom. The van der Waals surface area contributed by atoms with Crippen molar-refractivity contribution in [2.75, 3.05) is 19.7 Å². The van der Waals surface area contributed by atoms with Crippen molar-refractivity contribution in [2.45, 2.75) is 64.5 Å². The van der Waals surface area contributed by atoms with E-state index in [1.807, 2.05) is 11.3 Å². The van der Waals surface area contributed by atoms with Crippen LogP contribution in [0.25, 0.3) is 0 Å².